The van der Waals surface area contributed by atoms with Crippen LogP contribution in [0.15, 0.2) is 0 Å². The smallest absolute Gasteiger partial charge is 0.222 e. The average Bonchev–Trinajstić information content (AvgIpc) is 2.98. The van der Waals surface area contributed by atoms with E-state index in [4.69, 9.17) is 0 Å². The molecule has 0 spiro atoms. The third-order valence-corrected chi connectivity index (χ3v) is 5.31. The molecule has 2 saturated heterocycles. The SMILES string of the molecule is Cl.O=C(CC1CCCC1)N1CC[C@@H]2CNC[C@@H]2CC1. The summed E-state index contributed by atoms with van der Waals surface area (Å²) in [6, 6.07) is 0. The topological polar surface area (TPSA) is 32.3 Å². The van der Waals surface area contributed by atoms with Crippen molar-refractivity contribution in [2.45, 2.75) is 44.9 Å². The van der Waals surface area contributed by atoms with Crippen molar-refractivity contribution in [3.63, 3.8) is 0 Å². The summed E-state index contributed by atoms with van der Waals surface area (Å²) in [5.41, 5.74) is 0. The van der Waals surface area contributed by atoms with Gasteiger partial charge in [-0.15, -0.1) is 12.4 Å². The van der Waals surface area contributed by atoms with Crippen LogP contribution in [-0.4, -0.2) is 37.0 Å². The normalized spacial score (nSPS) is 31.7. The minimum atomic E-state index is 0. The molecule has 1 amide bonds. The summed E-state index contributed by atoms with van der Waals surface area (Å²) < 4.78 is 0. The predicted octanol–water partition coefficient (Wildman–Crippen LogP) is 2.45. The Morgan fingerprint density at radius 1 is 1.00 bits per heavy atom. The molecule has 1 N–H and O–H groups in total. The van der Waals surface area contributed by atoms with Crippen LogP contribution in [0.1, 0.15) is 44.9 Å². The molecule has 3 aliphatic rings. The van der Waals surface area contributed by atoms with E-state index < -0.39 is 0 Å². The molecule has 2 heterocycles. The number of amides is 1. The summed E-state index contributed by atoms with van der Waals surface area (Å²) in [7, 11) is 0. The minimum absolute atomic E-state index is 0. The molecule has 0 radical (unpaired) electrons. The molecule has 19 heavy (non-hydrogen) atoms. The lowest BCUT2D eigenvalue weighted by Gasteiger charge is -2.22. The van der Waals surface area contributed by atoms with Crippen LogP contribution in [0.25, 0.3) is 0 Å². The van der Waals surface area contributed by atoms with Gasteiger partial charge >= 0.3 is 0 Å². The largest absolute Gasteiger partial charge is 0.343 e. The minimum Gasteiger partial charge on any atom is -0.343 e. The molecule has 4 heteroatoms. The van der Waals surface area contributed by atoms with Gasteiger partial charge in [0.05, 0.1) is 0 Å². The number of halogens is 1. The van der Waals surface area contributed by atoms with Crippen molar-refractivity contribution in [3.05, 3.63) is 0 Å². The number of nitrogens with zero attached hydrogens (tertiary/aromatic N) is 1. The first-order valence-corrected chi connectivity index (χ1v) is 7.81. The fraction of sp³-hybridized carbons (Fsp3) is 0.933. The molecule has 0 aromatic heterocycles. The zero-order valence-electron chi connectivity index (χ0n) is 11.8. The lowest BCUT2D eigenvalue weighted by molar-refractivity contribution is -0.132. The molecule has 2 atom stereocenters. The molecule has 2 aliphatic heterocycles. The Kier molecular flexibility index (Phi) is 5.52. The van der Waals surface area contributed by atoms with Gasteiger partial charge in [-0.05, 0) is 56.5 Å². The zero-order chi connectivity index (χ0) is 12.4. The van der Waals surface area contributed by atoms with Gasteiger partial charge in [0.15, 0.2) is 0 Å². The standard InChI is InChI=1S/C15H26N2O.ClH/c18-15(9-12-3-1-2-4-12)17-7-5-13-10-16-11-14(13)6-8-17;/h12-14,16H,1-11H2;1H/t13-,14+;. The monoisotopic (exact) mass is 286 g/mol. The van der Waals surface area contributed by atoms with E-state index in [1.165, 1.54) is 51.6 Å². The first kappa shape index (κ1) is 15.1. The third kappa shape index (κ3) is 3.63. The number of rotatable bonds is 2. The maximum absolute atomic E-state index is 12.3. The first-order valence-electron chi connectivity index (χ1n) is 7.81. The second kappa shape index (κ2) is 6.94. The Labute approximate surface area is 122 Å². The number of hydrogen-bond acceptors (Lipinski definition) is 2. The van der Waals surface area contributed by atoms with Gasteiger partial charge in [0.1, 0.15) is 0 Å². The van der Waals surface area contributed by atoms with Gasteiger partial charge in [-0.3, -0.25) is 4.79 Å². The summed E-state index contributed by atoms with van der Waals surface area (Å²) >= 11 is 0. The number of fused-ring (bicyclic) bond motifs is 1. The molecule has 0 unspecified atom stereocenters. The number of hydrogen-bond donors (Lipinski definition) is 1. The van der Waals surface area contributed by atoms with Crippen LogP contribution in [0.5, 0.6) is 0 Å². The molecule has 1 saturated carbocycles. The van der Waals surface area contributed by atoms with E-state index in [0.29, 0.717) is 11.8 Å². The number of carbonyl (C=O) groups is 1. The van der Waals surface area contributed by atoms with Crippen LogP contribution < -0.4 is 5.32 Å². The van der Waals surface area contributed by atoms with Gasteiger partial charge in [0.25, 0.3) is 0 Å². The summed E-state index contributed by atoms with van der Waals surface area (Å²) in [6.45, 7) is 4.37. The Hall–Kier alpha value is -0.280. The molecule has 3 nitrogen and oxygen atoms in total. The molecule has 0 bridgehead atoms. The van der Waals surface area contributed by atoms with Gasteiger partial charge in [-0.25, -0.2) is 0 Å². The lowest BCUT2D eigenvalue weighted by Crippen LogP contribution is -2.33. The van der Waals surface area contributed by atoms with Crippen molar-refractivity contribution in [3.8, 4) is 0 Å². The molecular formula is C15H27ClN2O. The highest BCUT2D eigenvalue weighted by Crippen LogP contribution is 2.30. The maximum atomic E-state index is 12.3. The highest BCUT2D eigenvalue weighted by molar-refractivity contribution is 5.85. The van der Waals surface area contributed by atoms with Crippen LogP contribution in [0.3, 0.4) is 0 Å². The Balaban J connectivity index is 0.00000133. The van der Waals surface area contributed by atoms with Gasteiger partial charge < -0.3 is 10.2 Å². The summed E-state index contributed by atoms with van der Waals surface area (Å²) in [6.07, 6.45) is 8.51. The summed E-state index contributed by atoms with van der Waals surface area (Å²) in [5.74, 6) is 2.79. The second-order valence-electron chi connectivity index (χ2n) is 6.49. The second-order valence-corrected chi connectivity index (χ2v) is 6.49. The third-order valence-electron chi connectivity index (χ3n) is 5.31. The fourth-order valence-electron chi connectivity index (χ4n) is 4.06. The van der Waals surface area contributed by atoms with E-state index in [0.717, 1.165) is 31.3 Å². The number of nitrogens with one attached hydrogen (secondary N) is 1. The van der Waals surface area contributed by atoms with Crippen LogP contribution >= 0.6 is 12.4 Å². The summed E-state index contributed by atoms with van der Waals surface area (Å²) in [5, 5.41) is 3.49. The molecule has 3 fully saturated rings. The van der Waals surface area contributed by atoms with Crippen LogP contribution in [-0.2, 0) is 4.79 Å². The quantitative estimate of drug-likeness (QED) is 0.846. The molecule has 1 aliphatic carbocycles. The van der Waals surface area contributed by atoms with E-state index in [9.17, 15) is 4.79 Å². The zero-order valence-corrected chi connectivity index (χ0v) is 12.6. The molecule has 0 aromatic carbocycles. The molecular weight excluding hydrogens is 260 g/mol. The van der Waals surface area contributed by atoms with E-state index in [1.54, 1.807) is 0 Å². The highest BCUT2D eigenvalue weighted by Gasteiger charge is 2.32. The van der Waals surface area contributed by atoms with Gasteiger partial charge in [-0.2, -0.15) is 0 Å². The van der Waals surface area contributed by atoms with Gasteiger partial charge in [-0.1, -0.05) is 12.8 Å². The molecule has 110 valence electrons. The number of likely N-dealkylation sites (tertiary alicyclic amines) is 1. The van der Waals surface area contributed by atoms with E-state index in [1.807, 2.05) is 0 Å². The predicted molar refractivity (Wildman–Crippen MR) is 79.5 cm³/mol. The Morgan fingerprint density at radius 2 is 1.58 bits per heavy atom. The van der Waals surface area contributed by atoms with Gasteiger partial charge in [0.2, 0.25) is 5.91 Å². The van der Waals surface area contributed by atoms with Crippen molar-refractivity contribution in [1.29, 1.82) is 0 Å². The summed E-state index contributed by atoms with van der Waals surface area (Å²) in [4.78, 5) is 14.5. The average molecular weight is 287 g/mol. The van der Waals surface area contributed by atoms with E-state index in [2.05, 4.69) is 10.2 Å². The van der Waals surface area contributed by atoms with Gasteiger partial charge in [0, 0.05) is 19.5 Å². The Bertz CT molecular complexity index is 291. The van der Waals surface area contributed by atoms with E-state index in [-0.39, 0.29) is 12.4 Å². The van der Waals surface area contributed by atoms with Crippen molar-refractivity contribution in [2.24, 2.45) is 17.8 Å². The van der Waals surface area contributed by atoms with Crippen molar-refractivity contribution in [2.75, 3.05) is 26.2 Å². The van der Waals surface area contributed by atoms with Crippen molar-refractivity contribution < 1.29 is 4.79 Å². The van der Waals surface area contributed by atoms with Crippen LogP contribution in [0.2, 0.25) is 0 Å². The molecule has 0 aromatic rings. The lowest BCUT2D eigenvalue weighted by atomic mass is 9.92. The van der Waals surface area contributed by atoms with Crippen molar-refractivity contribution in [1.82, 2.24) is 10.2 Å². The first-order chi connectivity index (χ1) is 8.83. The van der Waals surface area contributed by atoms with E-state index >= 15 is 0 Å². The van der Waals surface area contributed by atoms with Crippen LogP contribution in [0, 0.1) is 17.8 Å². The van der Waals surface area contributed by atoms with Crippen LogP contribution in [0.4, 0.5) is 0 Å². The fourth-order valence-corrected chi connectivity index (χ4v) is 4.06. The highest BCUT2D eigenvalue weighted by atomic mass is 35.5. The Morgan fingerprint density at radius 3 is 2.16 bits per heavy atom. The molecule has 3 rings (SSSR count). The van der Waals surface area contributed by atoms with Crippen molar-refractivity contribution >= 4 is 18.3 Å². The maximum Gasteiger partial charge on any atom is 0.222 e. The number of carbonyl (C=O) groups excluding carboxylic acids is 1.